The van der Waals surface area contributed by atoms with Crippen LogP contribution in [0.4, 0.5) is 0 Å². The highest BCUT2D eigenvalue weighted by atomic mass is 16.3. The second-order valence-corrected chi connectivity index (χ2v) is 14.8. The Morgan fingerprint density at radius 3 is 1.52 bits per heavy atom. The summed E-state index contributed by atoms with van der Waals surface area (Å²) in [7, 11) is 0. The van der Waals surface area contributed by atoms with Crippen LogP contribution in [-0.2, 0) is 5.41 Å². The molecule has 1 nitrogen and oxygen atoms in total. The molecule has 244 valence electrons. The summed E-state index contributed by atoms with van der Waals surface area (Å²) in [6.45, 7) is 4.78. The molecular formula is C51H34O. The van der Waals surface area contributed by atoms with Crippen LogP contribution in [0.5, 0.6) is 0 Å². The lowest BCUT2D eigenvalue weighted by molar-refractivity contribution is 0.658. The molecule has 0 aliphatic heterocycles. The van der Waals surface area contributed by atoms with Crippen LogP contribution in [0.15, 0.2) is 174 Å². The summed E-state index contributed by atoms with van der Waals surface area (Å²) >= 11 is 0. The highest BCUT2D eigenvalue weighted by molar-refractivity contribution is 6.26. The van der Waals surface area contributed by atoms with E-state index in [1.807, 2.05) is 0 Å². The van der Waals surface area contributed by atoms with Crippen molar-refractivity contribution in [3.63, 3.8) is 0 Å². The van der Waals surface area contributed by atoms with Gasteiger partial charge >= 0.3 is 0 Å². The zero-order valence-electron chi connectivity index (χ0n) is 29.1. The topological polar surface area (TPSA) is 13.1 Å². The van der Waals surface area contributed by atoms with E-state index in [0.717, 1.165) is 11.2 Å². The third-order valence-corrected chi connectivity index (χ3v) is 11.6. The second-order valence-electron chi connectivity index (χ2n) is 14.8. The summed E-state index contributed by atoms with van der Waals surface area (Å²) in [5.41, 5.74) is 14.4. The van der Waals surface area contributed by atoms with E-state index < -0.39 is 0 Å². The van der Waals surface area contributed by atoms with Gasteiger partial charge in [-0.2, -0.15) is 0 Å². The number of para-hydroxylation sites is 1. The highest BCUT2D eigenvalue weighted by Crippen LogP contribution is 2.57. The fourth-order valence-electron chi connectivity index (χ4n) is 9.34. The van der Waals surface area contributed by atoms with Crippen molar-refractivity contribution in [2.75, 3.05) is 0 Å². The lowest BCUT2D eigenvalue weighted by atomic mass is 9.78. The summed E-state index contributed by atoms with van der Waals surface area (Å²) < 4.78 is 6.77. The van der Waals surface area contributed by atoms with Gasteiger partial charge in [-0.05, 0) is 94.5 Å². The molecule has 11 rings (SSSR count). The standard InChI is InChI=1S/C51H34O/c1-51(2)43-30-34(28-29-41(43)48-49(51)40-21-11-10-20-39(40)47-42-22-12-13-23-44(42)52-50(47)48)46-37-18-8-6-16-35(37)45(36-17-7-9-19-38(36)46)33-26-24-32(25-27-33)31-14-4-3-5-15-31/h3-30H,1-2H3. The molecule has 0 radical (unpaired) electrons. The fraction of sp³-hybridized carbons (Fsp3) is 0.0588. The quantitative estimate of drug-likeness (QED) is 0.172. The van der Waals surface area contributed by atoms with Gasteiger partial charge in [0.15, 0.2) is 0 Å². The predicted octanol–water partition coefficient (Wildman–Crippen LogP) is 14.4. The maximum Gasteiger partial charge on any atom is 0.144 e. The number of benzene rings is 9. The van der Waals surface area contributed by atoms with Crippen molar-refractivity contribution in [3.05, 3.63) is 181 Å². The Morgan fingerprint density at radius 2 is 0.865 bits per heavy atom. The average Bonchev–Trinajstić information content (AvgIpc) is 3.70. The van der Waals surface area contributed by atoms with E-state index in [0.29, 0.717) is 0 Å². The molecule has 1 heterocycles. The van der Waals surface area contributed by atoms with E-state index in [1.54, 1.807) is 0 Å². The van der Waals surface area contributed by atoms with Gasteiger partial charge < -0.3 is 4.42 Å². The zero-order chi connectivity index (χ0) is 34.6. The summed E-state index contributed by atoms with van der Waals surface area (Å²) in [5, 5.41) is 10.0. The lowest BCUT2D eigenvalue weighted by Crippen LogP contribution is -2.15. The molecule has 1 aliphatic carbocycles. The molecular weight excluding hydrogens is 629 g/mol. The molecule has 0 amide bonds. The van der Waals surface area contributed by atoms with Crippen molar-refractivity contribution in [2.24, 2.45) is 0 Å². The molecule has 10 aromatic rings. The predicted molar refractivity (Wildman–Crippen MR) is 220 cm³/mol. The van der Waals surface area contributed by atoms with E-state index in [2.05, 4.69) is 184 Å². The van der Waals surface area contributed by atoms with E-state index in [9.17, 15) is 0 Å². The summed E-state index contributed by atoms with van der Waals surface area (Å²) in [6.07, 6.45) is 0. The van der Waals surface area contributed by atoms with Gasteiger partial charge in [-0.3, -0.25) is 0 Å². The van der Waals surface area contributed by atoms with Gasteiger partial charge in [-0.25, -0.2) is 0 Å². The molecule has 0 atom stereocenters. The number of rotatable bonds is 3. The van der Waals surface area contributed by atoms with Crippen molar-refractivity contribution >= 4 is 54.3 Å². The van der Waals surface area contributed by atoms with Gasteiger partial charge in [-0.15, -0.1) is 0 Å². The second kappa shape index (κ2) is 10.8. The van der Waals surface area contributed by atoms with Gasteiger partial charge in [0.2, 0.25) is 0 Å². The van der Waals surface area contributed by atoms with Crippen molar-refractivity contribution < 1.29 is 4.42 Å². The van der Waals surface area contributed by atoms with Crippen molar-refractivity contribution in [2.45, 2.75) is 19.3 Å². The van der Waals surface area contributed by atoms with Gasteiger partial charge in [0, 0.05) is 21.8 Å². The maximum atomic E-state index is 6.77. The Bertz CT molecular complexity index is 3010. The van der Waals surface area contributed by atoms with E-state index in [1.165, 1.54) is 98.7 Å². The third-order valence-electron chi connectivity index (χ3n) is 11.6. The van der Waals surface area contributed by atoms with Crippen LogP contribution >= 0.6 is 0 Å². The van der Waals surface area contributed by atoms with Gasteiger partial charge in [0.05, 0.1) is 0 Å². The van der Waals surface area contributed by atoms with Crippen molar-refractivity contribution in [1.82, 2.24) is 0 Å². The first-order chi connectivity index (χ1) is 25.6. The van der Waals surface area contributed by atoms with Crippen LogP contribution in [0.25, 0.3) is 98.8 Å². The monoisotopic (exact) mass is 662 g/mol. The average molecular weight is 663 g/mol. The van der Waals surface area contributed by atoms with Crippen molar-refractivity contribution in [1.29, 1.82) is 0 Å². The molecule has 1 heteroatoms. The molecule has 0 fully saturated rings. The van der Waals surface area contributed by atoms with E-state index >= 15 is 0 Å². The molecule has 0 unspecified atom stereocenters. The van der Waals surface area contributed by atoms with E-state index in [-0.39, 0.29) is 5.41 Å². The summed E-state index contributed by atoms with van der Waals surface area (Å²) in [6, 6.07) is 62.2. The normalized spacial score (nSPS) is 13.3. The van der Waals surface area contributed by atoms with E-state index in [4.69, 9.17) is 4.42 Å². The first-order valence-corrected chi connectivity index (χ1v) is 18.2. The largest absolute Gasteiger partial charge is 0.455 e. The number of furan rings is 1. The molecule has 0 N–H and O–H groups in total. The van der Waals surface area contributed by atoms with Crippen LogP contribution in [0.3, 0.4) is 0 Å². The zero-order valence-corrected chi connectivity index (χ0v) is 29.1. The Kier molecular flexibility index (Phi) is 6.08. The highest BCUT2D eigenvalue weighted by Gasteiger charge is 2.40. The molecule has 1 aliphatic rings. The van der Waals surface area contributed by atoms with Crippen LogP contribution in [-0.4, -0.2) is 0 Å². The van der Waals surface area contributed by atoms with Gasteiger partial charge in [0.1, 0.15) is 11.2 Å². The Labute approximate surface area is 302 Å². The van der Waals surface area contributed by atoms with Crippen LogP contribution in [0, 0.1) is 0 Å². The minimum absolute atomic E-state index is 0.237. The molecule has 0 saturated carbocycles. The number of hydrogen-bond donors (Lipinski definition) is 0. The lowest BCUT2D eigenvalue weighted by Gasteiger charge is -2.24. The first-order valence-electron chi connectivity index (χ1n) is 18.2. The molecule has 52 heavy (non-hydrogen) atoms. The third kappa shape index (κ3) is 3.99. The Hall–Kier alpha value is -6.44. The number of hydrogen-bond acceptors (Lipinski definition) is 1. The smallest absolute Gasteiger partial charge is 0.144 e. The Morgan fingerprint density at radius 1 is 0.385 bits per heavy atom. The van der Waals surface area contributed by atoms with Crippen LogP contribution in [0.2, 0.25) is 0 Å². The molecule has 0 bridgehead atoms. The molecule has 9 aromatic carbocycles. The Balaban J connectivity index is 1.16. The molecule has 1 aromatic heterocycles. The minimum atomic E-state index is -0.237. The van der Waals surface area contributed by atoms with Crippen LogP contribution < -0.4 is 0 Å². The number of fused-ring (bicyclic) bond motifs is 12. The SMILES string of the molecule is CC1(C)c2cc(-c3c4ccccc4c(-c4ccc(-c5ccccc5)cc4)c4ccccc34)ccc2-c2c1c1ccccc1c1c2oc2ccccc21. The summed E-state index contributed by atoms with van der Waals surface area (Å²) in [5.74, 6) is 0. The summed E-state index contributed by atoms with van der Waals surface area (Å²) in [4.78, 5) is 0. The van der Waals surface area contributed by atoms with Gasteiger partial charge in [-0.1, -0.05) is 172 Å². The minimum Gasteiger partial charge on any atom is -0.455 e. The molecule has 0 spiro atoms. The fourth-order valence-corrected chi connectivity index (χ4v) is 9.34. The molecule has 0 saturated heterocycles. The maximum absolute atomic E-state index is 6.77. The van der Waals surface area contributed by atoms with Crippen molar-refractivity contribution in [3.8, 4) is 44.5 Å². The van der Waals surface area contributed by atoms with Crippen LogP contribution in [0.1, 0.15) is 25.0 Å². The first kappa shape index (κ1) is 29.3. The van der Waals surface area contributed by atoms with Gasteiger partial charge in [0.25, 0.3) is 0 Å².